The maximum atomic E-state index is 11.2. The Balaban J connectivity index is 2.59. The monoisotopic (exact) mass is 174 g/mol. The van der Waals surface area contributed by atoms with E-state index in [9.17, 15) is 4.79 Å². The molecule has 0 unspecified atom stereocenters. The van der Waals surface area contributed by atoms with Crippen molar-refractivity contribution in [1.29, 1.82) is 0 Å². The summed E-state index contributed by atoms with van der Waals surface area (Å²) in [5.74, 6) is -0.362. The zero-order valence-electron chi connectivity index (χ0n) is 7.14. The van der Waals surface area contributed by atoms with E-state index in [2.05, 4.69) is 6.58 Å². The first-order valence-electron chi connectivity index (χ1n) is 3.88. The molecule has 2 nitrogen and oxygen atoms in total. The van der Waals surface area contributed by atoms with E-state index >= 15 is 0 Å². The Bertz CT molecular complexity index is 312. The molecule has 0 saturated carbocycles. The van der Waals surface area contributed by atoms with E-state index < -0.39 is 0 Å². The largest absolute Gasteiger partial charge is 0.431 e. The number of allylic oxidation sites excluding steroid dienone is 2. The summed E-state index contributed by atoms with van der Waals surface area (Å²) in [4.78, 5) is 11.2. The fourth-order valence-electron chi connectivity index (χ4n) is 0.799. The van der Waals surface area contributed by atoms with Crippen LogP contribution in [-0.2, 0) is 4.74 Å². The molecule has 0 N–H and O–H groups in total. The smallest absolute Gasteiger partial charge is 0.342 e. The molecule has 0 radical (unpaired) electrons. The van der Waals surface area contributed by atoms with Gasteiger partial charge in [-0.2, -0.15) is 0 Å². The molecule has 0 saturated heterocycles. The van der Waals surface area contributed by atoms with E-state index in [4.69, 9.17) is 4.74 Å². The average Bonchev–Trinajstić information content (AvgIpc) is 2.19. The number of rotatable bonds is 3. The molecular formula is C11H10O2. The molecule has 2 heteroatoms. The summed E-state index contributed by atoms with van der Waals surface area (Å²) >= 11 is 0. The molecule has 1 aromatic rings. The van der Waals surface area contributed by atoms with Gasteiger partial charge in [-0.25, -0.2) is 4.79 Å². The number of hydrogen-bond donors (Lipinski definition) is 0. The Morgan fingerprint density at radius 1 is 1.31 bits per heavy atom. The Morgan fingerprint density at radius 3 is 2.62 bits per heavy atom. The third kappa shape index (κ3) is 2.95. The minimum absolute atomic E-state index is 0.362. The minimum Gasteiger partial charge on any atom is -0.431 e. The minimum atomic E-state index is -0.362. The molecule has 0 heterocycles. The van der Waals surface area contributed by atoms with Crippen LogP contribution in [0.5, 0.6) is 0 Å². The van der Waals surface area contributed by atoms with Crippen molar-refractivity contribution in [3.05, 3.63) is 60.9 Å². The molecule has 0 aliphatic carbocycles. The van der Waals surface area contributed by atoms with Crippen molar-refractivity contribution in [3.8, 4) is 0 Å². The molecule has 0 spiro atoms. The standard InChI is InChI=1S/C11H10O2/c1-2-3-9-13-11(12)10-7-5-4-6-8-10/h2-9H,1H2/b9-3-. The normalized spacial score (nSPS) is 9.85. The molecule has 1 rings (SSSR count). The number of carbonyl (C=O) groups is 1. The van der Waals surface area contributed by atoms with E-state index in [0.29, 0.717) is 5.56 Å². The zero-order valence-corrected chi connectivity index (χ0v) is 7.14. The van der Waals surface area contributed by atoms with E-state index in [1.54, 1.807) is 30.3 Å². The van der Waals surface area contributed by atoms with Gasteiger partial charge in [0.2, 0.25) is 0 Å². The Kier molecular flexibility index (Phi) is 3.51. The summed E-state index contributed by atoms with van der Waals surface area (Å²) in [5, 5.41) is 0. The molecule has 0 bridgehead atoms. The summed E-state index contributed by atoms with van der Waals surface area (Å²) in [5.41, 5.74) is 0.538. The highest BCUT2D eigenvalue weighted by atomic mass is 16.5. The molecular weight excluding hydrogens is 164 g/mol. The van der Waals surface area contributed by atoms with Gasteiger partial charge in [-0.3, -0.25) is 0 Å². The SMILES string of the molecule is C=C/C=C\OC(=O)c1ccccc1. The van der Waals surface area contributed by atoms with Gasteiger partial charge in [-0.15, -0.1) is 0 Å². The molecule has 0 amide bonds. The summed E-state index contributed by atoms with van der Waals surface area (Å²) in [6.07, 6.45) is 4.40. The summed E-state index contributed by atoms with van der Waals surface area (Å²) < 4.78 is 4.78. The van der Waals surface area contributed by atoms with Crippen molar-refractivity contribution in [1.82, 2.24) is 0 Å². The van der Waals surface area contributed by atoms with Crippen LogP contribution in [0.1, 0.15) is 10.4 Å². The van der Waals surface area contributed by atoms with Gasteiger partial charge in [-0.1, -0.05) is 30.9 Å². The average molecular weight is 174 g/mol. The number of benzene rings is 1. The fourth-order valence-corrected chi connectivity index (χ4v) is 0.799. The van der Waals surface area contributed by atoms with Gasteiger partial charge in [0.15, 0.2) is 0 Å². The predicted molar refractivity (Wildman–Crippen MR) is 51.2 cm³/mol. The van der Waals surface area contributed by atoms with Crippen molar-refractivity contribution >= 4 is 5.97 Å². The van der Waals surface area contributed by atoms with Crippen LogP contribution in [-0.4, -0.2) is 5.97 Å². The lowest BCUT2D eigenvalue weighted by Crippen LogP contribution is -1.99. The van der Waals surface area contributed by atoms with Crippen LogP contribution in [0.25, 0.3) is 0 Å². The fraction of sp³-hybridized carbons (Fsp3) is 0. The van der Waals surface area contributed by atoms with E-state index in [-0.39, 0.29) is 5.97 Å². The lowest BCUT2D eigenvalue weighted by Gasteiger charge is -1.96. The van der Waals surface area contributed by atoms with Crippen LogP contribution in [0, 0.1) is 0 Å². The first-order chi connectivity index (χ1) is 6.34. The second kappa shape index (κ2) is 4.93. The van der Waals surface area contributed by atoms with Crippen molar-refractivity contribution in [3.63, 3.8) is 0 Å². The van der Waals surface area contributed by atoms with Gasteiger partial charge >= 0.3 is 5.97 Å². The van der Waals surface area contributed by atoms with Crippen LogP contribution < -0.4 is 0 Å². The molecule has 0 aliphatic heterocycles. The highest BCUT2D eigenvalue weighted by Gasteiger charge is 2.02. The Labute approximate surface area is 77.2 Å². The molecule has 66 valence electrons. The van der Waals surface area contributed by atoms with E-state index in [1.165, 1.54) is 12.3 Å². The van der Waals surface area contributed by atoms with Gasteiger partial charge < -0.3 is 4.74 Å². The number of carbonyl (C=O) groups excluding carboxylic acids is 1. The summed E-state index contributed by atoms with van der Waals surface area (Å²) in [6, 6.07) is 8.81. The van der Waals surface area contributed by atoms with E-state index in [1.807, 2.05) is 6.07 Å². The lowest BCUT2D eigenvalue weighted by molar-refractivity contribution is 0.0663. The number of ether oxygens (including phenoxy) is 1. The lowest BCUT2D eigenvalue weighted by atomic mass is 10.2. The van der Waals surface area contributed by atoms with Crippen LogP contribution >= 0.6 is 0 Å². The first kappa shape index (κ1) is 9.26. The van der Waals surface area contributed by atoms with E-state index in [0.717, 1.165) is 0 Å². The topological polar surface area (TPSA) is 26.3 Å². The predicted octanol–water partition coefficient (Wildman–Crippen LogP) is 2.54. The Morgan fingerprint density at radius 2 is 2.00 bits per heavy atom. The van der Waals surface area contributed by atoms with Crippen LogP contribution in [0.3, 0.4) is 0 Å². The summed E-state index contributed by atoms with van der Waals surface area (Å²) in [6.45, 7) is 3.45. The first-order valence-corrected chi connectivity index (χ1v) is 3.88. The van der Waals surface area contributed by atoms with Gasteiger partial charge in [0.25, 0.3) is 0 Å². The maximum Gasteiger partial charge on any atom is 0.342 e. The number of esters is 1. The molecule has 0 atom stereocenters. The van der Waals surface area contributed by atoms with Gasteiger partial charge in [0, 0.05) is 0 Å². The van der Waals surface area contributed by atoms with Crippen LogP contribution in [0.15, 0.2) is 55.3 Å². The van der Waals surface area contributed by atoms with Crippen molar-refractivity contribution in [2.75, 3.05) is 0 Å². The molecule has 0 aliphatic rings. The molecule has 13 heavy (non-hydrogen) atoms. The summed E-state index contributed by atoms with van der Waals surface area (Å²) in [7, 11) is 0. The third-order valence-electron chi connectivity index (χ3n) is 1.40. The molecule has 0 fully saturated rings. The quantitative estimate of drug-likeness (QED) is 0.400. The van der Waals surface area contributed by atoms with Crippen molar-refractivity contribution < 1.29 is 9.53 Å². The van der Waals surface area contributed by atoms with Gasteiger partial charge in [-0.05, 0) is 18.2 Å². The van der Waals surface area contributed by atoms with Gasteiger partial charge in [0.1, 0.15) is 0 Å². The van der Waals surface area contributed by atoms with Crippen molar-refractivity contribution in [2.45, 2.75) is 0 Å². The number of hydrogen-bond acceptors (Lipinski definition) is 2. The molecule has 1 aromatic carbocycles. The maximum absolute atomic E-state index is 11.2. The third-order valence-corrected chi connectivity index (χ3v) is 1.40. The second-order valence-corrected chi connectivity index (χ2v) is 2.34. The highest BCUT2D eigenvalue weighted by Crippen LogP contribution is 2.00. The van der Waals surface area contributed by atoms with Crippen molar-refractivity contribution in [2.24, 2.45) is 0 Å². The second-order valence-electron chi connectivity index (χ2n) is 2.34. The zero-order chi connectivity index (χ0) is 9.52. The van der Waals surface area contributed by atoms with Gasteiger partial charge in [0.05, 0.1) is 11.8 Å². The Hall–Kier alpha value is -1.83. The van der Waals surface area contributed by atoms with Crippen LogP contribution in [0.2, 0.25) is 0 Å². The highest BCUT2D eigenvalue weighted by molar-refractivity contribution is 5.89. The molecule has 0 aromatic heterocycles. The van der Waals surface area contributed by atoms with Crippen LogP contribution in [0.4, 0.5) is 0 Å².